The smallest absolute Gasteiger partial charge is 0.303 e. The van der Waals surface area contributed by atoms with Gasteiger partial charge in [-0.15, -0.1) is 0 Å². The Kier molecular flexibility index (Phi) is 7.54. The third-order valence-corrected chi connectivity index (χ3v) is 4.23. The average Bonchev–Trinajstić information content (AvgIpc) is 2.41. The molecular formula is C15H26O9Si. The third-order valence-electron chi connectivity index (χ3n) is 3.20. The number of esters is 3. The van der Waals surface area contributed by atoms with E-state index in [0.29, 0.717) is 0 Å². The molecule has 0 aromatic carbocycles. The second-order valence-electron chi connectivity index (χ2n) is 6.71. The molecule has 0 aliphatic carbocycles. The molecule has 0 saturated carbocycles. The second kappa shape index (κ2) is 8.74. The van der Waals surface area contributed by atoms with E-state index >= 15 is 0 Å². The molecule has 0 amide bonds. The minimum absolute atomic E-state index is 0.0231. The van der Waals surface area contributed by atoms with Gasteiger partial charge in [0.2, 0.25) is 0 Å². The number of rotatable bonds is 6. The van der Waals surface area contributed by atoms with Crippen LogP contribution in [0.2, 0.25) is 19.6 Å². The lowest BCUT2D eigenvalue weighted by Crippen LogP contribution is -2.62. The summed E-state index contributed by atoms with van der Waals surface area (Å²) in [5, 5.41) is 10.2. The van der Waals surface area contributed by atoms with Crippen molar-refractivity contribution in [2.75, 3.05) is 6.61 Å². The van der Waals surface area contributed by atoms with Crippen molar-refractivity contribution in [3.8, 4) is 0 Å². The first-order valence-electron chi connectivity index (χ1n) is 7.90. The van der Waals surface area contributed by atoms with Gasteiger partial charge in [0.15, 0.2) is 32.9 Å². The molecule has 1 saturated heterocycles. The van der Waals surface area contributed by atoms with Crippen LogP contribution in [0.15, 0.2) is 0 Å². The minimum Gasteiger partial charge on any atom is -0.456 e. The van der Waals surface area contributed by atoms with Crippen LogP contribution < -0.4 is 0 Å². The molecule has 25 heavy (non-hydrogen) atoms. The van der Waals surface area contributed by atoms with Crippen LogP contribution in [-0.4, -0.2) is 68.6 Å². The molecule has 0 aromatic rings. The van der Waals surface area contributed by atoms with Gasteiger partial charge in [0.1, 0.15) is 6.10 Å². The number of carbonyl (C=O) groups is 3. The molecule has 9 nitrogen and oxygen atoms in total. The molecule has 1 N–H and O–H groups in total. The highest BCUT2D eigenvalue weighted by Gasteiger charge is 2.51. The number of aliphatic hydroxyl groups is 1. The Labute approximate surface area is 147 Å². The molecule has 0 radical (unpaired) electrons. The first-order valence-corrected chi connectivity index (χ1v) is 11.3. The standard InChI is InChI=1S/C15H26O9Si/c1-8(16)21-12-11(7-20-25(4,5)6)24-15(19)14(23-10(3)18)13(12)22-9(2)17/h11-15,19H,7H2,1-6H3/t11-,12-,13+,14-,15+/m1/s1. The fraction of sp³-hybridized carbons (Fsp3) is 0.800. The summed E-state index contributed by atoms with van der Waals surface area (Å²) in [5.74, 6) is -2.02. The summed E-state index contributed by atoms with van der Waals surface area (Å²) in [6.07, 6.45) is -6.08. The van der Waals surface area contributed by atoms with Gasteiger partial charge in [-0.1, -0.05) is 0 Å². The van der Waals surface area contributed by atoms with Gasteiger partial charge in [-0.2, -0.15) is 0 Å². The quantitative estimate of drug-likeness (QED) is 0.397. The van der Waals surface area contributed by atoms with E-state index in [4.69, 9.17) is 23.4 Å². The molecular weight excluding hydrogens is 352 g/mol. The lowest BCUT2D eigenvalue weighted by atomic mass is 9.98. The lowest BCUT2D eigenvalue weighted by molar-refractivity contribution is -0.294. The van der Waals surface area contributed by atoms with Crippen LogP contribution in [0.4, 0.5) is 0 Å². The van der Waals surface area contributed by atoms with Crippen molar-refractivity contribution in [2.24, 2.45) is 0 Å². The molecule has 0 bridgehead atoms. The molecule has 0 spiro atoms. The van der Waals surface area contributed by atoms with Gasteiger partial charge in [0, 0.05) is 20.8 Å². The van der Waals surface area contributed by atoms with Gasteiger partial charge in [-0.25, -0.2) is 0 Å². The maximum atomic E-state index is 11.5. The van der Waals surface area contributed by atoms with E-state index in [1.807, 2.05) is 19.6 Å². The van der Waals surface area contributed by atoms with Gasteiger partial charge in [-0.05, 0) is 19.6 Å². The summed E-state index contributed by atoms with van der Waals surface area (Å²) in [4.78, 5) is 34.2. The third kappa shape index (κ3) is 7.10. The van der Waals surface area contributed by atoms with Crippen molar-refractivity contribution >= 4 is 26.2 Å². The highest BCUT2D eigenvalue weighted by molar-refractivity contribution is 6.69. The summed E-state index contributed by atoms with van der Waals surface area (Å²) in [6.45, 7) is 9.38. The van der Waals surface area contributed by atoms with Crippen LogP contribution in [0.1, 0.15) is 20.8 Å². The Hall–Kier alpha value is -1.49. The van der Waals surface area contributed by atoms with E-state index in [2.05, 4.69) is 0 Å². The molecule has 0 aromatic heterocycles. The normalized spacial score (nSPS) is 29.6. The molecule has 1 heterocycles. The van der Waals surface area contributed by atoms with E-state index in [-0.39, 0.29) is 6.61 Å². The van der Waals surface area contributed by atoms with E-state index < -0.39 is 56.9 Å². The van der Waals surface area contributed by atoms with Crippen LogP contribution in [-0.2, 0) is 37.8 Å². The van der Waals surface area contributed by atoms with Crippen LogP contribution in [0.5, 0.6) is 0 Å². The van der Waals surface area contributed by atoms with E-state index in [9.17, 15) is 19.5 Å². The van der Waals surface area contributed by atoms with Crippen LogP contribution in [0, 0.1) is 0 Å². The summed E-state index contributed by atoms with van der Waals surface area (Å²) >= 11 is 0. The van der Waals surface area contributed by atoms with Crippen molar-refractivity contribution in [1.29, 1.82) is 0 Å². The van der Waals surface area contributed by atoms with Crippen LogP contribution in [0.3, 0.4) is 0 Å². The van der Waals surface area contributed by atoms with Gasteiger partial charge >= 0.3 is 17.9 Å². The summed E-state index contributed by atoms with van der Waals surface area (Å²) in [5.41, 5.74) is 0. The SMILES string of the molecule is CC(=O)O[C@@H]1[C@@H](OC(C)=O)[C@@H](O)O[C@H](CO[Si](C)(C)C)[C@H]1OC(C)=O. The minimum atomic E-state index is -1.93. The molecule has 1 aliphatic rings. The Bertz CT molecular complexity index is 502. The molecule has 0 unspecified atom stereocenters. The molecule has 1 rings (SSSR count). The molecule has 1 aliphatic heterocycles. The maximum absolute atomic E-state index is 11.5. The fourth-order valence-corrected chi connectivity index (χ4v) is 3.00. The van der Waals surface area contributed by atoms with E-state index in [1.54, 1.807) is 0 Å². The van der Waals surface area contributed by atoms with E-state index in [1.165, 1.54) is 6.92 Å². The van der Waals surface area contributed by atoms with Crippen LogP contribution >= 0.6 is 0 Å². The number of hydrogen-bond acceptors (Lipinski definition) is 9. The lowest BCUT2D eigenvalue weighted by Gasteiger charge is -2.43. The zero-order valence-electron chi connectivity index (χ0n) is 15.3. The monoisotopic (exact) mass is 378 g/mol. The predicted molar refractivity (Wildman–Crippen MR) is 86.8 cm³/mol. The molecule has 10 heteroatoms. The maximum Gasteiger partial charge on any atom is 0.303 e. The van der Waals surface area contributed by atoms with Crippen molar-refractivity contribution in [2.45, 2.75) is 71.1 Å². The number of ether oxygens (including phenoxy) is 4. The van der Waals surface area contributed by atoms with Gasteiger partial charge < -0.3 is 28.5 Å². The highest BCUT2D eigenvalue weighted by atomic mass is 28.4. The first-order chi connectivity index (χ1) is 11.4. The Morgan fingerprint density at radius 1 is 0.880 bits per heavy atom. The van der Waals surface area contributed by atoms with Gasteiger partial charge in [0.05, 0.1) is 6.61 Å². The number of hydrogen-bond donors (Lipinski definition) is 1. The number of aliphatic hydroxyl groups excluding tert-OH is 1. The summed E-state index contributed by atoms with van der Waals surface area (Å²) < 4.78 is 26.6. The number of carbonyl (C=O) groups excluding carboxylic acids is 3. The molecule has 5 atom stereocenters. The van der Waals surface area contributed by atoms with Crippen molar-refractivity contribution in [1.82, 2.24) is 0 Å². The van der Waals surface area contributed by atoms with E-state index in [0.717, 1.165) is 13.8 Å². The van der Waals surface area contributed by atoms with Crippen LogP contribution in [0.25, 0.3) is 0 Å². The summed E-state index contributed by atoms with van der Waals surface area (Å²) in [6, 6.07) is 0. The Balaban J connectivity index is 3.11. The fourth-order valence-electron chi connectivity index (χ4n) is 2.34. The average molecular weight is 378 g/mol. The zero-order chi connectivity index (χ0) is 19.4. The first kappa shape index (κ1) is 21.5. The van der Waals surface area contributed by atoms with Crippen molar-refractivity contribution in [3.63, 3.8) is 0 Å². The zero-order valence-corrected chi connectivity index (χ0v) is 16.3. The van der Waals surface area contributed by atoms with Crippen molar-refractivity contribution < 1.29 is 42.9 Å². The van der Waals surface area contributed by atoms with Crippen molar-refractivity contribution in [3.05, 3.63) is 0 Å². The second-order valence-corrected chi connectivity index (χ2v) is 11.2. The highest BCUT2D eigenvalue weighted by Crippen LogP contribution is 2.28. The molecule has 1 fully saturated rings. The topological polar surface area (TPSA) is 118 Å². The summed E-state index contributed by atoms with van der Waals surface area (Å²) in [7, 11) is -1.93. The largest absolute Gasteiger partial charge is 0.456 e. The van der Waals surface area contributed by atoms with Gasteiger partial charge in [-0.3, -0.25) is 14.4 Å². The molecule has 144 valence electrons. The predicted octanol–water partition coefficient (Wildman–Crippen LogP) is 0.350. The Morgan fingerprint density at radius 3 is 1.76 bits per heavy atom. The Morgan fingerprint density at radius 2 is 1.32 bits per heavy atom. The van der Waals surface area contributed by atoms with Gasteiger partial charge in [0.25, 0.3) is 0 Å².